The van der Waals surface area contributed by atoms with E-state index in [0.717, 1.165) is 29.2 Å². The fourth-order valence-electron chi connectivity index (χ4n) is 11.4. The van der Waals surface area contributed by atoms with E-state index in [0.29, 0.717) is 11.3 Å². The summed E-state index contributed by atoms with van der Waals surface area (Å²) in [7, 11) is 1.30. The Balaban J connectivity index is 0.813. The third-order valence-electron chi connectivity index (χ3n) is 15.8. The molecule has 5 aromatic carbocycles. The van der Waals surface area contributed by atoms with Crippen LogP contribution in [0.4, 0.5) is 20.1 Å². The second-order valence-corrected chi connectivity index (χ2v) is 21.7. The summed E-state index contributed by atoms with van der Waals surface area (Å²) < 4.78 is 28.9. The normalized spacial score (nSPS) is 21.0. The molecule has 3 aliphatic carbocycles. The number of rotatable bonds is 19. The van der Waals surface area contributed by atoms with E-state index in [9.17, 15) is 58.8 Å². The number of hydrogen-bond donors (Lipinski definition) is 10. The molecule has 4 unspecified atom stereocenters. The Morgan fingerprint density at radius 1 is 0.798 bits per heavy atom. The first kappa shape index (κ1) is 59.7. The van der Waals surface area contributed by atoms with Crippen molar-refractivity contribution >= 4 is 53.1 Å². The highest BCUT2D eigenvalue weighted by Gasteiger charge is 2.50. The van der Waals surface area contributed by atoms with E-state index < -0.39 is 137 Å². The molecule has 23 heteroatoms. The fourth-order valence-corrected chi connectivity index (χ4v) is 11.4. The average molecular weight is 1160 g/mol. The van der Waals surface area contributed by atoms with Gasteiger partial charge in [-0.15, -0.1) is 0 Å². The van der Waals surface area contributed by atoms with Crippen LogP contribution in [0.3, 0.4) is 0 Å². The van der Waals surface area contributed by atoms with Gasteiger partial charge in [-0.25, -0.2) is 14.4 Å². The van der Waals surface area contributed by atoms with Crippen LogP contribution < -0.4 is 37.1 Å². The molecule has 8 atom stereocenters. The molecule has 1 heterocycles. The molecule has 0 spiro atoms. The van der Waals surface area contributed by atoms with E-state index in [1.54, 1.807) is 26.0 Å². The Bertz CT molecular complexity index is 3380. The molecule has 0 bridgehead atoms. The van der Waals surface area contributed by atoms with Crippen molar-refractivity contribution in [1.29, 1.82) is 0 Å². The number of aliphatic hydroxyl groups is 2. The van der Waals surface area contributed by atoms with Crippen LogP contribution >= 0.6 is 0 Å². The molecular formula is C61H66N6O17. The molecule has 6 amide bonds. The van der Waals surface area contributed by atoms with E-state index >= 15 is 0 Å². The van der Waals surface area contributed by atoms with Crippen LogP contribution in [-0.4, -0.2) is 130 Å². The Hall–Kier alpha value is -8.90. The van der Waals surface area contributed by atoms with Gasteiger partial charge >= 0.3 is 18.2 Å². The number of ether oxygens (including phenoxy) is 5. The zero-order chi connectivity index (χ0) is 60.3. The fraction of sp³-hybridized carbons (Fsp3) is 0.377. The molecule has 11 N–H and O–H groups in total. The predicted molar refractivity (Wildman–Crippen MR) is 300 cm³/mol. The lowest BCUT2D eigenvalue weighted by molar-refractivity contribution is -0.249. The van der Waals surface area contributed by atoms with Gasteiger partial charge in [0.1, 0.15) is 54.3 Å². The van der Waals surface area contributed by atoms with Crippen molar-refractivity contribution in [2.75, 3.05) is 25.6 Å². The standard InChI is InChI=1S/C61H66N6O17/c1-29(2)50(67-60(78)82-28-40-36-14-8-6-12-34(36)35-13-7-9-15-37(35)40)57(75)65-41(17-11-23-63-58(62)76)56(74)64-33-21-19-32(20-22-33)27-81-59(77)66-42-24-45(83-30(3)51(42)69)84-44-26-61(79,31(4)68)25-39-47(44)55(73)49-48(53(39)71)52(70)38-16-10-18-43(80-5)46(38)54(49)72/h6-10,12-16,18-22,29-30,40-42,44-45,50-51,69,71,73,79H,11,17,23-28H2,1-5H3,(H,64,74)(H,65,75)(H,66,77)(H,67,78)(H3,62,63,76)/t30?,41-,42?,44-,45?,50-,51?,61-/m0/s1. The van der Waals surface area contributed by atoms with Crippen molar-refractivity contribution < 1.29 is 82.5 Å². The minimum absolute atomic E-state index is 0.0200. The van der Waals surface area contributed by atoms with Crippen LogP contribution in [-0.2, 0) is 46.4 Å². The number of nitrogens with two attached hydrogens (primary N) is 1. The van der Waals surface area contributed by atoms with Gasteiger partial charge in [0.05, 0.1) is 42.0 Å². The number of anilines is 1. The third-order valence-corrected chi connectivity index (χ3v) is 15.8. The summed E-state index contributed by atoms with van der Waals surface area (Å²) in [5.41, 5.74) is 6.35. The highest BCUT2D eigenvalue weighted by molar-refractivity contribution is 6.31. The van der Waals surface area contributed by atoms with Gasteiger partial charge in [0.15, 0.2) is 17.9 Å². The second-order valence-electron chi connectivity index (χ2n) is 21.7. The lowest BCUT2D eigenvalue weighted by Gasteiger charge is -2.42. The maximum Gasteiger partial charge on any atom is 0.407 e. The van der Waals surface area contributed by atoms with Gasteiger partial charge < -0.3 is 76.4 Å². The van der Waals surface area contributed by atoms with Gasteiger partial charge in [-0.2, -0.15) is 0 Å². The van der Waals surface area contributed by atoms with Crippen molar-refractivity contribution in [2.24, 2.45) is 11.7 Å². The van der Waals surface area contributed by atoms with Crippen LogP contribution in [0.1, 0.15) is 125 Å². The summed E-state index contributed by atoms with van der Waals surface area (Å²) in [6, 6.07) is 22.2. The summed E-state index contributed by atoms with van der Waals surface area (Å²) in [5.74, 6) is -5.66. The molecule has 5 aromatic rings. The number of fused-ring (bicyclic) bond motifs is 6. The smallest absolute Gasteiger partial charge is 0.407 e. The average Bonchev–Trinajstić information content (AvgIpc) is 2.38. The van der Waals surface area contributed by atoms with Crippen molar-refractivity contribution in [3.8, 4) is 28.4 Å². The van der Waals surface area contributed by atoms with Crippen LogP contribution in [0.2, 0.25) is 0 Å². The minimum Gasteiger partial charge on any atom is -0.507 e. The summed E-state index contributed by atoms with van der Waals surface area (Å²) >= 11 is 0. The molecule has 4 aliphatic rings. The van der Waals surface area contributed by atoms with Crippen molar-refractivity contribution in [2.45, 2.75) is 121 Å². The van der Waals surface area contributed by atoms with Gasteiger partial charge in [0.25, 0.3) is 0 Å². The van der Waals surface area contributed by atoms with Crippen molar-refractivity contribution in [1.82, 2.24) is 21.3 Å². The number of amides is 6. The predicted octanol–water partition coefficient (Wildman–Crippen LogP) is 5.43. The van der Waals surface area contributed by atoms with Gasteiger partial charge in [0.2, 0.25) is 17.6 Å². The second kappa shape index (κ2) is 24.9. The van der Waals surface area contributed by atoms with Gasteiger partial charge in [-0.1, -0.05) is 86.6 Å². The number of alkyl carbamates (subject to hydrolysis) is 2. The monoisotopic (exact) mass is 1150 g/mol. The van der Waals surface area contributed by atoms with E-state index in [-0.39, 0.29) is 72.9 Å². The number of phenolic OH excluding ortho intramolecular Hbond substituents is 2. The summed E-state index contributed by atoms with van der Waals surface area (Å²) in [6.45, 7) is 5.94. The Labute approximate surface area is 482 Å². The number of aromatic hydroxyl groups is 2. The first-order valence-electron chi connectivity index (χ1n) is 27.5. The maximum atomic E-state index is 14.1. The molecule has 442 valence electrons. The first-order chi connectivity index (χ1) is 40.1. The zero-order valence-corrected chi connectivity index (χ0v) is 46.7. The zero-order valence-electron chi connectivity index (χ0n) is 46.7. The van der Waals surface area contributed by atoms with Crippen LogP contribution in [0.5, 0.6) is 17.2 Å². The number of Topliss-reactive ketones (excluding diaryl/α,β-unsaturated/α-hetero) is 1. The number of hydrogen-bond acceptors (Lipinski definition) is 17. The van der Waals surface area contributed by atoms with Crippen LogP contribution in [0.15, 0.2) is 91.0 Å². The molecule has 84 heavy (non-hydrogen) atoms. The molecule has 0 aromatic heterocycles. The minimum atomic E-state index is -2.18. The number of methoxy groups -OCH3 is 1. The van der Waals surface area contributed by atoms with Gasteiger partial charge in [-0.3, -0.25) is 24.0 Å². The number of nitrogens with one attached hydrogen (secondary N) is 5. The highest BCUT2D eigenvalue weighted by atomic mass is 16.7. The van der Waals surface area contributed by atoms with E-state index in [1.807, 2.05) is 48.5 Å². The lowest BCUT2D eigenvalue weighted by Crippen LogP contribution is -2.55. The van der Waals surface area contributed by atoms with E-state index in [1.165, 1.54) is 44.4 Å². The molecular weight excluding hydrogens is 1090 g/mol. The van der Waals surface area contributed by atoms with Gasteiger partial charge in [-0.05, 0) is 78.6 Å². The Morgan fingerprint density at radius 2 is 1.45 bits per heavy atom. The molecule has 1 fully saturated rings. The topological polar surface area (TPSA) is 350 Å². The number of primary amides is 1. The number of phenols is 2. The number of ketones is 3. The number of benzene rings is 5. The molecule has 1 aliphatic heterocycles. The SMILES string of the molecule is COc1cccc2c1C(=O)c1c(O)c3c(c(O)c1C2=O)C[C@@](O)(C(C)=O)C[C@@H]3OC1CC(NC(=O)OCc2ccc(NC(=O)[C@H](CCCNC(N)=O)NC(=O)[C@@H](NC(=O)OCC3c4ccccc4-c4ccccc43)C(C)C)cc2)C(O)C(C)O1. The molecule has 0 saturated carbocycles. The van der Waals surface area contributed by atoms with Crippen LogP contribution in [0, 0.1) is 5.92 Å². The lowest BCUT2D eigenvalue weighted by atomic mass is 9.72. The van der Waals surface area contributed by atoms with Gasteiger partial charge in [0, 0.05) is 54.1 Å². The maximum absolute atomic E-state index is 14.1. The summed E-state index contributed by atoms with van der Waals surface area (Å²) in [4.78, 5) is 107. The van der Waals surface area contributed by atoms with E-state index in [2.05, 4.69) is 26.6 Å². The van der Waals surface area contributed by atoms with Crippen molar-refractivity contribution in [3.05, 3.63) is 141 Å². The number of carbonyl (C=O) groups excluding carboxylic acids is 8. The number of carbonyl (C=O) groups is 8. The first-order valence-corrected chi connectivity index (χ1v) is 27.5. The number of aliphatic hydroxyl groups excluding tert-OH is 1. The quantitative estimate of drug-likeness (QED) is 0.0357. The molecule has 9 rings (SSSR count). The highest BCUT2D eigenvalue weighted by Crippen LogP contribution is 2.53. The van der Waals surface area contributed by atoms with E-state index in [4.69, 9.17) is 29.4 Å². The summed E-state index contributed by atoms with van der Waals surface area (Å²) in [5, 5.41) is 59.7. The van der Waals surface area contributed by atoms with Crippen molar-refractivity contribution in [3.63, 3.8) is 0 Å². The Kier molecular flexibility index (Phi) is 17.7. The summed E-state index contributed by atoms with van der Waals surface area (Å²) in [6.07, 6.45) is -7.80. The molecule has 0 radical (unpaired) electrons. The molecule has 1 saturated heterocycles. The third kappa shape index (κ3) is 12.3. The largest absolute Gasteiger partial charge is 0.507 e. The molecule has 23 nitrogen and oxygen atoms in total. The Morgan fingerprint density at radius 3 is 2.10 bits per heavy atom. The number of urea groups is 1. The van der Waals surface area contributed by atoms with Crippen LogP contribution in [0.25, 0.3) is 11.1 Å².